The van der Waals surface area contributed by atoms with Gasteiger partial charge in [0.2, 0.25) is 10.0 Å². The predicted octanol–water partition coefficient (Wildman–Crippen LogP) is 4.06. The van der Waals surface area contributed by atoms with Crippen LogP contribution in [-0.4, -0.2) is 69.6 Å². The van der Waals surface area contributed by atoms with Crippen molar-refractivity contribution in [2.75, 3.05) is 43.9 Å². The maximum absolute atomic E-state index is 13.1. The number of hydrogen-bond donors (Lipinski definition) is 1. The van der Waals surface area contributed by atoms with Gasteiger partial charge in [-0.25, -0.2) is 13.1 Å². The number of piperazine rings is 1. The maximum Gasteiger partial charge on any atom is 0.573 e. The van der Waals surface area contributed by atoms with Crippen molar-refractivity contribution in [3.63, 3.8) is 0 Å². The quantitative estimate of drug-likeness (QED) is 0.406. The van der Waals surface area contributed by atoms with Crippen molar-refractivity contribution in [1.82, 2.24) is 14.6 Å². The second-order valence-electron chi connectivity index (χ2n) is 9.27. The lowest BCUT2D eigenvalue weighted by atomic mass is 10.0. The van der Waals surface area contributed by atoms with Gasteiger partial charge in [0.1, 0.15) is 11.5 Å². The molecule has 0 saturated carbocycles. The van der Waals surface area contributed by atoms with E-state index in [2.05, 4.69) is 19.5 Å². The third-order valence-corrected chi connectivity index (χ3v) is 6.66. The topological polar surface area (TPSA) is 101 Å². The first-order chi connectivity index (χ1) is 18.9. The van der Waals surface area contributed by atoms with Crippen LogP contribution in [0.3, 0.4) is 0 Å². The molecule has 0 radical (unpaired) electrons. The Labute approximate surface area is 230 Å². The summed E-state index contributed by atoms with van der Waals surface area (Å²) in [5.74, 6) is -0.486. The molecular formula is C27H29F3N4O5S. The normalized spacial score (nSPS) is 14.6. The van der Waals surface area contributed by atoms with Crippen LogP contribution in [0.25, 0.3) is 11.1 Å². The monoisotopic (exact) mass is 578 g/mol. The van der Waals surface area contributed by atoms with Crippen LogP contribution in [0.5, 0.6) is 11.5 Å². The molecule has 1 aliphatic heterocycles. The summed E-state index contributed by atoms with van der Waals surface area (Å²) < 4.78 is 73.4. The summed E-state index contributed by atoms with van der Waals surface area (Å²) in [7, 11) is -3.66. The lowest BCUT2D eigenvalue weighted by Gasteiger charge is -2.36. The number of aromatic nitrogens is 1. The number of benzene rings is 2. The zero-order chi connectivity index (χ0) is 28.9. The predicted molar refractivity (Wildman–Crippen MR) is 144 cm³/mol. The molecule has 1 amide bonds. The number of halogens is 3. The van der Waals surface area contributed by atoms with Crippen molar-refractivity contribution in [2.45, 2.75) is 19.8 Å². The third-order valence-electron chi connectivity index (χ3n) is 6.11. The van der Waals surface area contributed by atoms with Crippen molar-refractivity contribution in [2.24, 2.45) is 0 Å². The van der Waals surface area contributed by atoms with E-state index in [1.807, 2.05) is 17.7 Å². The minimum Gasteiger partial charge on any atom is -0.492 e. The molecule has 0 aliphatic carbocycles. The van der Waals surface area contributed by atoms with Crippen LogP contribution >= 0.6 is 0 Å². The van der Waals surface area contributed by atoms with Gasteiger partial charge in [-0.3, -0.25) is 14.7 Å². The number of anilines is 1. The molecule has 1 aliphatic rings. The van der Waals surface area contributed by atoms with E-state index in [0.717, 1.165) is 11.9 Å². The zero-order valence-electron chi connectivity index (χ0n) is 21.9. The lowest BCUT2D eigenvalue weighted by Crippen LogP contribution is -2.46. The Kier molecular flexibility index (Phi) is 8.84. The first-order valence-corrected chi connectivity index (χ1v) is 14.3. The zero-order valence-corrected chi connectivity index (χ0v) is 22.8. The van der Waals surface area contributed by atoms with Crippen LogP contribution in [0.4, 0.5) is 18.9 Å². The van der Waals surface area contributed by atoms with Crippen molar-refractivity contribution < 1.29 is 35.9 Å². The van der Waals surface area contributed by atoms with E-state index >= 15 is 0 Å². The van der Waals surface area contributed by atoms with Crippen LogP contribution in [0.1, 0.15) is 22.8 Å². The molecule has 0 spiro atoms. The van der Waals surface area contributed by atoms with Crippen LogP contribution in [0.15, 0.2) is 60.9 Å². The summed E-state index contributed by atoms with van der Waals surface area (Å²) in [4.78, 5) is 20.4. The molecule has 0 atom stereocenters. The number of alkyl halides is 3. The molecule has 40 heavy (non-hydrogen) atoms. The number of carbonyl (C=O) groups is 1. The molecule has 1 aromatic heterocycles. The van der Waals surface area contributed by atoms with Gasteiger partial charge < -0.3 is 14.4 Å². The third kappa shape index (κ3) is 8.33. The highest BCUT2D eigenvalue weighted by Gasteiger charge is 2.31. The van der Waals surface area contributed by atoms with Crippen LogP contribution < -0.4 is 19.1 Å². The number of amides is 1. The molecule has 1 saturated heterocycles. The van der Waals surface area contributed by atoms with Gasteiger partial charge in [0.25, 0.3) is 5.91 Å². The molecular weight excluding hydrogens is 549 g/mol. The van der Waals surface area contributed by atoms with Crippen molar-refractivity contribution in [1.29, 1.82) is 0 Å². The SMILES string of the molecule is CCOc1cncc(-c2cc(CN3CCN(c4ccc(C(=O)NS(C)(=O)=O)cc4)CC3)cc(OC(F)(F)F)c2)c1. The summed E-state index contributed by atoms with van der Waals surface area (Å²) in [6.45, 7) is 5.29. The smallest absolute Gasteiger partial charge is 0.492 e. The fourth-order valence-electron chi connectivity index (χ4n) is 4.41. The Morgan fingerprint density at radius 2 is 1.65 bits per heavy atom. The average Bonchev–Trinajstić information content (AvgIpc) is 2.87. The van der Waals surface area contributed by atoms with E-state index in [4.69, 9.17) is 4.74 Å². The van der Waals surface area contributed by atoms with Crippen LogP contribution in [0, 0.1) is 0 Å². The number of nitrogens with one attached hydrogen (secondary N) is 1. The first kappa shape index (κ1) is 29.2. The molecule has 3 aromatic rings. The standard InChI is InChI=1S/C27H29F3N4O5S/c1-3-38-25-15-22(16-31-17-25)21-12-19(13-24(14-21)39-27(28,29)30)18-33-8-10-34(11-9-33)23-6-4-20(5-7-23)26(35)32-40(2,36)37/h4-7,12-17H,3,8-11,18H2,1-2H3,(H,32,35). The maximum atomic E-state index is 13.1. The Balaban J connectivity index is 1.44. The highest BCUT2D eigenvalue weighted by molar-refractivity contribution is 7.89. The minimum absolute atomic E-state index is 0.228. The molecule has 9 nitrogen and oxygen atoms in total. The second-order valence-corrected chi connectivity index (χ2v) is 11.0. The van der Waals surface area contributed by atoms with Gasteiger partial charge in [-0.2, -0.15) is 0 Å². The van der Waals surface area contributed by atoms with Gasteiger partial charge in [0.05, 0.1) is 19.1 Å². The molecule has 2 aromatic carbocycles. The summed E-state index contributed by atoms with van der Waals surface area (Å²) in [6.07, 6.45) is -0.806. The first-order valence-electron chi connectivity index (χ1n) is 12.5. The number of ether oxygens (including phenoxy) is 2. The lowest BCUT2D eigenvalue weighted by molar-refractivity contribution is -0.274. The van der Waals surface area contributed by atoms with E-state index in [9.17, 15) is 26.4 Å². The number of sulfonamides is 1. The Bertz CT molecular complexity index is 1440. The van der Waals surface area contributed by atoms with Gasteiger partial charge in [0.15, 0.2) is 0 Å². The summed E-state index contributed by atoms with van der Waals surface area (Å²) in [5, 5.41) is 0. The number of nitrogens with zero attached hydrogens (tertiary/aromatic N) is 3. The minimum atomic E-state index is -4.83. The van der Waals surface area contributed by atoms with E-state index < -0.39 is 22.3 Å². The summed E-state index contributed by atoms with van der Waals surface area (Å²) in [5.41, 5.74) is 2.91. The largest absolute Gasteiger partial charge is 0.573 e. The molecule has 0 bridgehead atoms. The fraction of sp³-hybridized carbons (Fsp3) is 0.333. The highest BCUT2D eigenvalue weighted by atomic mass is 32.2. The van der Waals surface area contributed by atoms with Gasteiger partial charge in [0, 0.05) is 55.7 Å². The Morgan fingerprint density at radius 3 is 2.27 bits per heavy atom. The number of rotatable bonds is 9. The summed E-state index contributed by atoms with van der Waals surface area (Å²) >= 11 is 0. The Hall–Kier alpha value is -3.84. The van der Waals surface area contributed by atoms with Gasteiger partial charge in [-0.05, 0) is 66.6 Å². The number of hydrogen-bond acceptors (Lipinski definition) is 8. The van der Waals surface area contributed by atoms with Gasteiger partial charge >= 0.3 is 6.36 Å². The van der Waals surface area contributed by atoms with E-state index in [1.54, 1.807) is 42.7 Å². The van der Waals surface area contributed by atoms with E-state index in [-0.39, 0.29) is 11.3 Å². The second kappa shape index (κ2) is 12.1. The Morgan fingerprint density at radius 1 is 0.975 bits per heavy atom. The number of pyridine rings is 1. The highest BCUT2D eigenvalue weighted by Crippen LogP contribution is 2.32. The van der Waals surface area contributed by atoms with E-state index in [1.165, 1.54) is 12.1 Å². The molecule has 13 heteroatoms. The average molecular weight is 579 g/mol. The van der Waals surface area contributed by atoms with Crippen molar-refractivity contribution in [3.05, 3.63) is 72.1 Å². The molecule has 1 fully saturated rings. The van der Waals surface area contributed by atoms with Gasteiger partial charge in [-0.1, -0.05) is 0 Å². The van der Waals surface area contributed by atoms with Crippen LogP contribution in [0.2, 0.25) is 0 Å². The van der Waals surface area contributed by atoms with Gasteiger partial charge in [-0.15, -0.1) is 13.2 Å². The molecule has 1 N–H and O–H groups in total. The molecule has 214 valence electrons. The molecule has 2 heterocycles. The van der Waals surface area contributed by atoms with Crippen molar-refractivity contribution in [3.8, 4) is 22.6 Å². The molecule has 4 rings (SSSR count). The molecule has 0 unspecified atom stereocenters. The summed E-state index contributed by atoms with van der Waals surface area (Å²) in [6, 6.07) is 12.9. The fourth-order valence-corrected chi connectivity index (χ4v) is 4.86. The van der Waals surface area contributed by atoms with E-state index in [0.29, 0.717) is 61.8 Å². The van der Waals surface area contributed by atoms with Crippen molar-refractivity contribution >= 4 is 21.6 Å². The number of carbonyl (C=O) groups excluding carboxylic acids is 1. The van der Waals surface area contributed by atoms with Crippen LogP contribution in [-0.2, 0) is 16.6 Å².